The molecule has 0 radical (unpaired) electrons. The molecule has 1 N–H and O–H groups in total. The average molecular weight is 331 g/mol. The van der Waals surface area contributed by atoms with E-state index >= 15 is 0 Å². The highest BCUT2D eigenvalue weighted by atomic mass is 16.5. The molecule has 0 fully saturated rings. The van der Waals surface area contributed by atoms with E-state index in [0.29, 0.717) is 17.6 Å². The van der Waals surface area contributed by atoms with Crippen molar-refractivity contribution in [2.75, 3.05) is 33.8 Å². The first-order chi connectivity index (χ1) is 10.2. The summed E-state index contributed by atoms with van der Waals surface area (Å²) in [6.07, 6.45) is 0.107. The number of hydrogen-bond donors (Lipinski definition) is 1. The molecule has 0 heterocycles. The van der Waals surface area contributed by atoms with Gasteiger partial charge in [-0.05, 0) is 34.1 Å². The fourth-order valence-electron chi connectivity index (χ4n) is 2.34. The van der Waals surface area contributed by atoms with Gasteiger partial charge >= 0.3 is 11.9 Å². The lowest BCUT2D eigenvalue weighted by Crippen LogP contribution is -2.45. The molecule has 0 aliphatic rings. The Morgan fingerprint density at radius 2 is 1.57 bits per heavy atom. The normalized spacial score (nSPS) is 12.8. The molecule has 0 saturated carbocycles. The number of quaternary nitrogens is 1. The summed E-state index contributed by atoms with van der Waals surface area (Å²) in [5, 5.41) is 19.7. The Kier molecular flexibility index (Phi) is 7.22. The van der Waals surface area contributed by atoms with Gasteiger partial charge in [-0.2, -0.15) is 0 Å². The Balaban J connectivity index is 4.48. The molecule has 0 bridgehead atoms. The molecule has 0 atom stereocenters. The van der Waals surface area contributed by atoms with E-state index in [1.807, 2.05) is 14.1 Å². The van der Waals surface area contributed by atoms with Gasteiger partial charge in [-0.15, -0.1) is 0 Å². The van der Waals surface area contributed by atoms with Gasteiger partial charge in [-0.3, -0.25) is 9.59 Å². The predicted octanol–water partition coefficient (Wildman–Crippen LogP) is 0.273. The Hall–Kier alpha value is -1.63. The third-order valence-electron chi connectivity index (χ3n) is 3.87. The molecule has 0 unspecified atom stereocenters. The minimum atomic E-state index is -1.11. The number of carboxylic acid groups (broad SMARTS) is 2. The maximum Gasteiger partial charge on any atom is 0.311 e. The average Bonchev–Trinajstić information content (AvgIpc) is 2.34. The molecule has 0 spiro atoms. The number of ether oxygens (including phenoxy) is 1. The molecule has 0 saturated heterocycles. The van der Waals surface area contributed by atoms with Crippen molar-refractivity contribution in [1.82, 2.24) is 0 Å². The summed E-state index contributed by atoms with van der Waals surface area (Å²) in [5.41, 5.74) is -1.93. The number of rotatable bonds is 10. The second-order valence-corrected chi connectivity index (χ2v) is 7.89. The fourth-order valence-corrected chi connectivity index (χ4v) is 2.34. The van der Waals surface area contributed by atoms with Crippen LogP contribution < -0.4 is 5.11 Å². The first-order valence-electron chi connectivity index (χ1n) is 7.62. The lowest BCUT2D eigenvalue weighted by atomic mass is 9.75. The molecule has 7 nitrogen and oxygen atoms in total. The monoisotopic (exact) mass is 331 g/mol. The molecule has 0 rings (SSSR count). The highest BCUT2D eigenvalue weighted by molar-refractivity contribution is 5.79. The second kappa shape index (κ2) is 7.77. The SMILES string of the molecule is CC(C)(CC(C)(C)C(=O)OCC[N+](C)(C)CCC(=O)[O-])C(=O)O. The van der Waals surface area contributed by atoms with Crippen molar-refractivity contribution in [2.24, 2.45) is 10.8 Å². The number of carbonyl (C=O) groups is 3. The van der Waals surface area contributed by atoms with E-state index in [9.17, 15) is 19.5 Å². The number of aliphatic carboxylic acids is 2. The lowest BCUT2D eigenvalue weighted by molar-refractivity contribution is -0.890. The number of nitrogens with zero attached hydrogens (tertiary/aromatic N) is 1. The van der Waals surface area contributed by atoms with Crippen LogP contribution in [0.25, 0.3) is 0 Å². The topological polar surface area (TPSA) is 104 Å². The molecule has 0 amide bonds. The molecule has 0 aliphatic carbocycles. The zero-order valence-corrected chi connectivity index (χ0v) is 15.0. The summed E-state index contributed by atoms with van der Waals surface area (Å²) >= 11 is 0. The zero-order valence-electron chi connectivity index (χ0n) is 15.0. The van der Waals surface area contributed by atoms with Crippen molar-refractivity contribution in [1.29, 1.82) is 0 Å². The quantitative estimate of drug-likeness (QED) is 0.455. The first kappa shape index (κ1) is 21.4. The maximum atomic E-state index is 12.2. The second-order valence-electron chi connectivity index (χ2n) is 7.89. The minimum Gasteiger partial charge on any atom is -0.550 e. The van der Waals surface area contributed by atoms with E-state index in [-0.39, 0.29) is 19.4 Å². The molecule has 7 heteroatoms. The molecule has 0 aromatic carbocycles. The molecule has 0 aliphatic heterocycles. The Morgan fingerprint density at radius 3 is 2.00 bits per heavy atom. The van der Waals surface area contributed by atoms with Gasteiger partial charge < -0.3 is 24.2 Å². The van der Waals surface area contributed by atoms with Gasteiger partial charge in [0.05, 0.1) is 31.5 Å². The van der Waals surface area contributed by atoms with Crippen LogP contribution in [0.15, 0.2) is 0 Å². The summed E-state index contributed by atoms with van der Waals surface area (Å²) in [4.78, 5) is 33.9. The fraction of sp³-hybridized carbons (Fsp3) is 0.812. The Bertz CT molecular complexity index is 453. The largest absolute Gasteiger partial charge is 0.550 e. The van der Waals surface area contributed by atoms with Gasteiger partial charge in [0.15, 0.2) is 0 Å². The molecule has 23 heavy (non-hydrogen) atoms. The first-order valence-corrected chi connectivity index (χ1v) is 7.62. The summed E-state index contributed by atoms with van der Waals surface area (Å²) in [5.74, 6) is -2.52. The van der Waals surface area contributed by atoms with Gasteiger partial charge in [-0.1, -0.05) is 0 Å². The number of carbonyl (C=O) groups excluding carboxylic acids is 2. The van der Waals surface area contributed by atoms with Crippen LogP contribution in [0, 0.1) is 10.8 Å². The zero-order chi connectivity index (χ0) is 18.5. The number of esters is 1. The number of carboxylic acids is 2. The van der Waals surface area contributed by atoms with Crippen molar-refractivity contribution < 1.29 is 33.8 Å². The maximum absolute atomic E-state index is 12.2. The molecule has 134 valence electrons. The predicted molar refractivity (Wildman–Crippen MR) is 82.2 cm³/mol. The van der Waals surface area contributed by atoms with Crippen LogP contribution >= 0.6 is 0 Å². The van der Waals surface area contributed by atoms with E-state index in [1.165, 1.54) is 0 Å². The van der Waals surface area contributed by atoms with Crippen molar-refractivity contribution in [3.05, 3.63) is 0 Å². The summed E-state index contributed by atoms with van der Waals surface area (Å²) in [6, 6.07) is 0. The molecule has 0 aromatic rings. The standard InChI is InChI=1S/C16H29NO6/c1-15(2,13(20)21)11-16(3,4)14(22)23-10-9-17(5,6)8-7-12(18)19/h7-11H2,1-6H3,(H-,18,19,20,21). The van der Waals surface area contributed by atoms with Gasteiger partial charge in [-0.25, -0.2) is 0 Å². The van der Waals surface area contributed by atoms with E-state index in [4.69, 9.17) is 9.84 Å². The third-order valence-corrected chi connectivity index (χ3v) is 3.87. The summed E-state index contributed by atoms with van der Waals surface area (Å²) < 4.78 is 5.66. The molecular weight excluding hydrogens is 302 g/mol. The van der Waals surface area contributed by atoms with Crippen molar-refractivity contribution >= 4 is 17.9 Å². The van der Waals surface area contributed by atoms with Crippen LogP contribution in [0.2, 0.25) is 0 Å². The van der Waals surface area contributed by atoms with Gasteiger partial charge in [0.2, 0.25) is 0 Å². The van der Waals surface area contributed by atoms with Crippen molar-refractivity contribution in [3.63, 3.8) is 0 Å². The van der Waals surface area contributed by atoms with E-state index in [2.05, 4.69) is 0 Å². The summed E-state index contributed by atoms with van der Waals surface area (Å²) in [7, 11) is 3.69. The van der Waals surface area contributed by atoms with Gasteiger partial charge in [0, 0.05) is 12.4 Å². The van der Waals surface area contributed by atoms with E-state index < -0.39 is 28.7 Å². The third kappa shape index (κ3) is 7.97. The minimum absolute atomic E-state index is 0.0563. The lowest BCUT2D eigenvalue weighted by Gasteiger charge is -2.32. The van der Waals surface area contributed by atoms with Crippen molar-refractivity contribution in [3.8, 4) is 0 Å². The van der Waals surface area contributed by atoms with Gasteiger partial charge in [0.1, 0.15) is 13.2 Å². The Morgan fingerprint density at radius 1 is 1.04 bits per heavy atom. The van der Waals surface area contributed by atoms with Crippen LogP contribution in [0.4, 0.5) is 0 Å². The number of likely N-dealkylation sites (N-methyl/N-ethyl adjacent to an activating group) is 1. The molecule has 0 aromatic heterocycles. The van der Waals surface area contributed by atoms with E-state index in [1.54, 1.807) is 27.7 Å². The van der Waals surface area contributed by atoms with E-state index in [0.717, 1.165) is 0 Å². The highest BCUT2D eigenvalue weighted by Gasteiger charge is 2.40. The van der Waals surface area contributed by atoms with Crippen LogP contribution in [0.3, 0.4) is 0 Å². The van der Waals surface area contributed by atoms with Crippen molar-refractivity contribution in [2.45, 2.75) is 40.5 Å². The van der Waals surface area contributed by atoms with Crippen LogP contribution in [0.1, 0.15) is 40.5 Å². The van der Waals surface area contributed by atoms with Crippen LogP contribution in [-0.4, -0.2) is 61.3 Å². The van der Waals surface area contributed by atoms with Crippen LogP contribution in [0.5, 0.6) is 0 Å². The molecular formula is C16H29NO6. The Labute approximate surface area is 137 Å². The summed E-state index contributed by atoms with van der Waals surface area (Å²) in [6.45, 7) is 7.48. The smallest absolute Gasteiger partial charge is 0.311 e. The van der Waals surface area contributed by atoms with Crippen LogP contribution in [-0.2, 0) is 19.1 Å². The highest BCUT2D eigenvalue weighted by Crippen LogP contribution is 2.34. The number of hydrogen-bond acceptors (Lipinski definition) is 5. The van der Waals surface area contributed by atoms with Gasteiger partial charge in [0.25, 0.3) is 0 Å².